The number of aliphatic imine (C=N–C) groups is 1. The second-order valence-corrected chi connectivity index (χ2v) is 4.26. The van der Waals surface area contributed by atoms with Crippen LogP contribution in [-0.4, -0.2) is 5.17 Å². The molecule has 0 aromatic heterocycles. The number of hydrogen-bond donors (Lipinski definition) is 0. The molecular weight excluding hydrogens is 244 g/mol. The van der Waals surface area contributed by atoms with Crippen LogP contribution < -0.4 is 0 Å². The fraction of sp³-hybridized carbons (Fsp3) is 0.0667. The van der Waals surface area contributed by atoms with Crippen molar-refractivity contribution >= 4 is 22.5 Å². The summed E-state index contributed by atoms with van der Waals surface area (Å²) >= 11 is 6.16. The fourth-order valence-electron chi connectivity index (χ4n) is 1.53. The van der Waals surface area contributed by atoms with Crippen LogP contribution in [0.25, 0.3) is 0 Å². The minimum atomic E-state index is 0.387. The van der Waals surface area contributed by atoms with E-state index in [0.29, 0.717) is 16.4 Å². The first-order valence-electron chi connectivity index (χ1n) is 5.51. The van der Waals surface area contributed by atoms with Gasteiger partial charge in [0.25, 0.3) is 0 Å². The number of nitriles is 1. The molecule has 0 aliphatic heterocycles. The third kappa shape index (κ3) is 2.77. The van der Waals surface area contributed by atoms with Crippen molar-refractivity contribution in [2.24, 2.45) is 4.99 Å². The monoisotopic (exact) mass is 254 g/mol. The Morgan fingerprint density at radius 3 is 2.44 bits per heavy atom. The van der Waals surface area contributed by atoms with Crippen LogP contribution in [0.5, 0.6) is 0 Å². The number of hydrogen-bond acceptors (Lipinski definition) is 2. The van der Waals surface area contributed by atoms with E-state index in [2.05, 4.69) is 11.1 Å². The van der Waals surface area contributed by atoms with Crippen molar-refractivity contribution in [3.8, 4) is 6.07 Å². The molecule has 2 aromatic rings. The van der Waals surface area contributed by atoms with Crippen molar-refractivity contribution in [3.63, 3.8) is 0 Å². The van der Waals surface area contributed by atoms with Gasteiger partial charge in [0.2, 0.25) is 0 Å². The summed E-state index contributed by atoms with van der Waals surface area (Å²) in [6.45, 7) is 2.01. The predicted octanol–water partition coefficient (Wildman–Crippen LogP) is 4.18. The summed E-state index contributed by atoms with van der Waals surface area (Å²) in [5, 5.41) is 9.36. The van der Waals surface area contributed by atoms with E-state index in [9.17, 15) is 0 Å². The van der Waals surface area contributed by atoms with Crippen LogP contribution in [-0.2, 0) is 0 Å². The molecule has 3 heteroatoms. The zero-order valence-corrected chi connectivity index (χ0v) is 10.6. The number of aryl methyl sites for hydroxylation is 1. The molecule has 0 spiro atoms. The van der Waals surface area contributed by atoms with Crippen LogP contribution in [0, 0.1) is 18.3 Å². The Hall–Kier alpha value is -2.11. The van der Waals surface area contributed by atoms with Crippen molar-refractivity contribution in [2.75, 3.05) is 0 Å². The molecule has 18 heavy (non-hydrogen) atoms. The molecule has 2 nitrogen and oxygen atoms in total. The molecule has 0 saturated carbocycles. The van der Waals surface area contributed by atoms with E-state index in [4.69, 9.17) is 16.9 Å². The summed E-state index contributed by atoms with van der Waals surface area (Å²) in [6, 6.07) is 17.0. The minimum absolute atomic E-state index is 0.387. The van der Waals surface area contributed by atoms with Crippen LogP contribution in [0.15, 0.2) is 53.5 Å². The first-order chi connectivity index (χ1) is 8.70. The normalized spacial score (nSPS) is 11.1. The molecular formula is C15H11ClN2. The number of benzene rings is 2. The third-order valence-electron chi connectivity index (χ3n) is 2.53. The van der Waals surface area contributed by atoms with E-state index in [1.807, 2.05) is 37.3 Å². The minimum Gasteiger partial charge on any atom is -0.235 e. The number of rotatable bonds is 2. The van der Waals surface area contributed by atoms with Gasteiger partial charge in [-0.15, -0.1) is 0 Å². The fourth-order valence-corrected chi connectivity index (χ4v) is 1.74. The molecule has 88 valence electrons. The first-order valence-corrected chi connectivity index (χ1v) is 5.89. The maximum Gasteiger partial charge on any atom is 0.136 e. The Balaban J connectivity index is 2.39. The van der Waals surface area contributed by atoms with Crippen molar-refractivity contribution in [1.82, 2.24) is 0 Å². The summed E-state index contributed by atoms with van der Waals surface area (Å²) < 4.78 is 0. The van der Waals surface area contributed by atoms with Crippen LogP contribution in [0.1, 0.15) is 16.7 Å². The van der Waals surface area contributed by atoms with E-state index < -0.39 is 0 Å². The average Bonchev–Trinajstić information content (AvgIpc) is 2.40. The lowest BCUT2D eigenvalue weighted by Gasteiger charge is -2.01. The second-order valence-electron chi connectivity index (χ2n) is 3.90. The van der Waals surface area contributed by atoms with Crippen LogP contribution in [0.3, 0.4) is 0 Å². The predicted molar refractivity (Wildman–Crippen MR) is 74.4 cm³/mol. The number of nitrogens with zero attached hydrogens (tertiary/aromatic N) is 2. The lowest BCUT2D eigenvalue weighted by Crippen LogP contribution is -1.91. The van der Waals surface area contributed by atoms with Gasteiger partial charge in [0.15, 0.2) is 0 Å². The highest BCUT2D eigenvalue weighted by Crippen LogP contribution is 2.20. The van der Waals surface area contributed by atoms with Gasteiger partial charge in [0.05, 0.1) is 11.3 Å². The zero-order chi connectivity index (χ0) is 13.0. The van der Waals surface area contributed by atoms with Crippen molar-refractivity contribution in [1.29, 1.82) is 5.26 Å². The van der Waals surface area contributed by atoms with E-state index in [1.54, 1.807) is 18.2 Å². The molecule has 0 saturated heterocycles. The summed E-state index contributed by atoms with van der Waals surface area (Å²) in [4.78, 5) is 4.29. The topological polar surface area (TPSA) is 36.1 Å². The third-order valence-corrected chi connectivity index (χ3v) is 2.84. The molecule has 0 bridgehead atoms. The zero-order valence-electron chi connectivity index (χ0n) is 9.89. The first kappa shape index (κ1) is 12.3. The van der Waals surface area contributed by atoms with Crippen LogP contribution in [0.4, 0.5) is 5.69 Å². The molecule has 0 radical (unpaired) electrons. The maximum atomic E-state index is 8.98. The lowest BCUT2D eigenvalue weighted by molar-refractivity contribution is 1.43. The quantitative estimate of drug-likeness (QED) is 0.741. The van der Waals surface area contributed by atoms with Gasteiger partial charge in [-0.05, 0) is 19.1 Å². The van der Waals surface area contributed by atoms with Crippen molar-refractivity contribution in [2.45, 2.75) is 6.92 Å². The Bertz CT molecular complexity index is 622. The SMILES string of the molecule is Cc1ccc(C(Cl)=Nc2ccccc2C#N)cc1. The van der Waals surface area contributed by atoms with Gasteiger partial charge in [-0.1, -0.05) is 53.6 Å². The second kappa shape index (κ2) is 5.48. The summed E-state index contributed by atoms with van der Waals surface area (Å²) in [7, 11) is 0. The molecule has 0 aliphatic rings. The van der Waals surface area contributed by atoms with Gasteiger partial charge in [0, 0.05) is 5.56 Å². The Labute approximate surface area is 111 Å². The van der Waals surface area contributed by atoms with Gasteiger partial charge < -0.3 is 0 Å². The molecule has 0 unspecified atom stereocenters. The highest BCUT2D eigenvalue weighted by Gasteiger charge is 2.03. The molecule has 0 N–H and O–H groups in total. The van der Waals surface area contributed by atoms with E-state index >= 15 is 0 Å². The Morgan fingerprint density at radius 1 is 1.11 bits per heavy atom. The summed E-state index contributed by atoms with van der Waals surface area (Å²) in [5.74, 6) is 0. The number of para-hydroxylation sites is 1. The maximum absolute atomic E-state index is 8.98. The van der Waals surface area contributed by atoms with Gasteiger partial charge in [-0.2, -0.15) is 5.26 Å². The Kier molecular flexibility index (Phi) is 3.76. The molecule has 0 amide bonds. The van der Waals surface area contributed by atoms with Gasteiger partial charge >= 0.3 is 0 Å². The van der Waals surface area contributed by atoms with E-state index in [-0.39, 0.29) is 0 Å². The van der Waals surface area contributed by atoms with Gasteiger partial charge in [-0.3, -0.25) is 0 Å². The lowest BCUT2D eigenvalue weighted by atomic mass is 10.1. The van der Waals surface area contributed by atoms with Gasteiger partial charge in [-0.25, -0.2) is 4.99 Å². The van der Waals surface area contributed by atoms with Crippen molar-refractivity contribution < 1.29 is 0 Å². The average molecular weight is 255 g/mol. The molecule has 2 aromatic carbocycles. The largest absolute Gasteiger partial charge is 0.235 e. The summed E-state index contributed by atoms with van der Waals surface area (Å²) in [6.07, 6.45) is 0. The highest BCUT2D eigenvalue weighted by atomic mass is 35.5. The molecule has 2 rings (SSSR count). The van der Waals surface area contributed by atoms with Gasteiger partial charge in [0.1, 0.15) is 11.2 Å². The summed E-state index contributed by atoms with van der Waals surface area (Å²) in [5.41, 5.74) is 3.11. The van der Waals surface area contributed by atoms with E-state index in [0.717, 1.165) is 5.56 Å². The number of halogens is 1. The molecule has 0 atom stereocenters. The highest BCUT2D eigenvalue weighted by molar-refractivity contribution is 6.69. The smallest absolute Gasteiger partial charge is 0.136 e. The van der Waals surface area contributed by atoms with Crippen LogP contribution in [0.2, 0.25) is 0 Å². The molecule has 0 aliphatic carbocycles. The Morgan fingerprint density at radius 2 is 1.78 bits per heavy atom. The molecule has 0 heterocycles. The standard InChI is InChI=1S/C15H11ClN2/c1-11-6-8-12(9-7-11)15(16)18-14-5-3-2-4-13(14)10-17/h2-9H,1H3. The van der Waals surface area contributed by atoms with Crippen molar-refractivity contribution in [3.05, 3.63) is 65.2 Å². The van der Waals surface area contributed by atoms with Crippen LogP contribution >= 0.6 is 11.6 Å². The molecule has 0 fully saturated rings. The van der Waals surface area contributed by atoms with E-state index in [1.165, 1.54) is 5.56 Å².